The summed E-state index contributed by atoms with van der Waals surface area (Å²) >= 11 is 1.41. The van der Waals surface area contributed by atoms with E-state index in [1.165, 1.54) is 40.3 Å². The number of thiazole rings is 1. The van der Waals surface area contributed by atoms with Gasteiger partial charge in [-0.25, -0.2) is 4.79 Å². The highest BCUT2D eigenvalue weighted by atomic mass is 32.1. The average molecular weight is 407 g/mol. The molecule has 0 atom stereocenters. The van der Waals surface area contributed by atoms with Crippen molar-refractivity contribution in [3.8, 4) is 0 Å². The second kappa shape index (κ2) is 7.67. The Morgan fingerprint density at radius 3 is 2.69 bits per heavy atom. The number of nitrogens with zero attached hydrogens (tertiary/aromatic N) is 4. The molecule has 2 aromatic heterocycles. The molecule has 0 saturated heterocycles. The summed E-state index contributed by atoms with van der Waals surface area (Å²) in [7, 11) is 3.16. The molecule has 0 unspecified atom stereocenters. The van der Waals surface area contributed by atoms with Crippen molar-refractivity contribution in [1.29, 1.82) is 0 Å². The topological polar surface area (TPSA) is 60.9 Å². The maximum atomic E-state index is 11.9. The molecule has 2 heterocycles. The Balaban J connectivity index is 1.74. The maximum Gasteiger partial charge on any atom is 0.355 e. The molecule has 0 radical (unpaired) electrons. The summed E-state index contributed by atoms with van der Waals surface area (Å²) in [5.41, 5.74) is 3.93. The van der Waals surface area contributed by atoms with E-state index in [0.29, 0.717) is 10.5 Å². The predicted molar refractivity (Wildman–Crippen MR) is 118 cm³/mol. The molecule has 0 amide bonds. The largest absolute Gasteiger partial charge is 0.464 e. The lowest BCUT2D eigenvalue weighted by Gasteiger charge is -2.02. The molecule has 0 aliphatic carbocycles. The number of para-hydroxylation sites is 1. The zero-order valence-electron chi connectivity index (χ0n) is 16.8. The van der Waals surface area contributed by atoms with E-state index in [9.17, 15) is 4.79 Å². The number of benzene rings is 2. The number of aryl methyl sites for hydroxylation is 2. The Labute approximate surface area is 172 Å². The lowest BCUT2D eigenvalue weighted by atomic mass is 10.1. The molecular weight excluding hydrogens is 384 g/mol. The molecule has 6 nitrogen and oxygen atoms in total. The number of ether oxygens (including phenoxy) is 1. The van der Waals surface area contributed by atoms with Crippen LogP contribution in [-0.2, 0) is 18.3 Å². The normalized spacial score (nSPS) is 12.5. The van der Waals surface area contributed by atoms with E-state index in [1.54, 1.807) is 17.8 Å². The number of carbonyl (C=O) groups excluding carboxylic acids is 1. The van der Waals surface area contributed by atoms with E-state index in [1.807, 2.05) is 13.0 Å². The van der Waals surface area contributed by atoms with Gasteiger partial charge in [0.1, 0.15) is 5.69 Å². The van der Waals surface area contributed by atoms with Crippen LogP contribution in [0.25, 0.3) is 21.8 Å². The molecule has 0 saturated carbocycles. The smallest absolute Gasteiger partial charge is 0.355 e. The van der Waals surface area contributed by atoms with E-state index in [-0.39, 0.29) is 5.97 Å². The van der Waals surface area contributed by atoms with Crippen LogP contribution in [0.3, 0.4) is 0 Å². The number of hydrogen-bond acceptors (Lipinski definition) is 5. The van der Waals surface area contributed by atoms with Crippen molar-refractivity contribution in [2.24, 2.45) is 17.3 Å². The van der Waals surface area contributed by atoms with E-state index in [4.69, 9.17) is 4.74 Å². The van der Waals surface area contributed by atoms with Gasteiger partial charge in [-0.05, 0) is 37.6 Å². The zero-order valence-corrected chi connectivity index (χ0v) is 17.7. The third-order valence-corrected chi connectivity index (χ3v) is 6.08. The van der Waals surface area contributed by atoms with Crippen molar-refractivity contribution in [1.82, 2.24) is 9.13 Å². The lowest BCUT2D eigenvalue weighted by molar-refractivity contribution is 0.0588. The summed E-state index contributed by atoms with van der Waals surface area (Å²) in [6.45, 7) is 4.95. The Hall–Kier alpha value is -3.19. The highest BCUT2D eigenvalue weighted by Crippen LogP contribution is 2.29. The lowest BCUT2D eigenvalue weighted by Crippen LogP contribution is -2.17. The summed E-state index contributed by atoms with van der Waals surface area (Å²) in [5.74, 6) is -0.371. The van der Waals surface area contributed by atoms with Gasteiger partial charge in [0.05, 0.1) is 13.3 Å². The van der Waals surface area contributed by atoms with E-state index in [0.717, 1.165) is 17.0 Å². The molecule has 0 spiro atoms. The average Bonchev–Trinajstić information content (AvgIpc) is 3.20. The van der Waals surface area contributed by atoms with Gasteiger partial charge in [-0.1, -0.05) is 35.6 Å². The number of fused-ring (bicyclic) bond motifs is 3. The summed E-state index contributed by atoms with van der Waals surface area (Å²) < 4.78 is 8.86. The number of rotatable bonds is 4. The molecule has 0 N–H and O–H groups in total. The zero-order chi connectivity index (χ0) is 20.5. The minimum absolute atomic E-state index is 0.371. The predicted octanol–water partition coefficient (Wildman–Crippen LogP) is 4.24. The molecule has 148 valence electrons. The summed E-state index contributed by atoms with van der Waals surface area (Å²) in [6.07, 6.45) is 1.74. The van der Waals surface area contributed by atoms with Crippen LogP contribution in [0.2, 0.25) is 0 Å². The van der Waals surface area contributed by atoms with Crippen LogP contribution in [0.1, 0.15) is 27.9 Å². The van der Waals surface area contributed by atoms with Gasteiger partial charge in [-0.3, -0.25) is 0 Å². The fraction of sp³-hybridized carbons (Fsp3) is 0.227. The number of methoxy groups -OCH3 is 1. The first kappa shape index (κ1) is 19.1. The minimum Gasteiger partial charge on any atom is -0.464 e. The second-order valence-electron chi connectivity index (χ2n) is 6.72. The fourth-order valence-corrected chi connectivity index (χ4v) is 4.59. The number of esters is 1. The van der Waals surface area contributed by atoms with Gasteiger partial charge in [-0.15, -0.1) is 5.10 Å². The molecule has 0 aliphatic heterocycles. The number of carbonyl (C=O) groups is 1. The van der Waals surface area contributed by atoms with Gasteiger partial charge < -0.3 is 13.9 Å². The van der Waals surface area contributed by atoms with E-state index < -0.39 is 0 Å². The molecule has 4 aromatic rings. The van der Waals surface area contributed by atoms with Gasteiger partial charge >= 0.3 is 5.97 Å². The van der Waals surface area contributed by atoms with Crippen LogP contribution < -0.4 is 4.80 Å². The standard InChI is InChI=1S/C22H22N4O2S/c1-5-26-18-9-7-6-8-16(18)17-12-15(10-11-19(17)26)13-23-24-22-25(3)20(14(2)29-22)21(27)28-4/h6-13H,5H2,1-4H3. The summed E-state index contributed by atoms with van der Waals surface area (Å²) in [6, 6.07) is 14.8. The molecule has 29 heavy (non-hydrogen) atoms. The van der Waals surface area contributed by atoms with Crippen molar-refractivity contribution in [2.75, 3.05) is 7.11 Å². The quantitative estimate of drug-likeness (QED) is 0.289. The molecule has 0 aliphatic rings. The molecule has 0 fully saturated rings. The monoisotopic (exact) mass is 406 g/mol. The van der Waals surface area contributed by atoms with Gasteiger partial charge in [0.25, 0.3) is 0 Å². The van der Waals surface area contributed by atoms with Crippen molar-refractivity contribution < 1.29 is 9.53 Å². The van der Waals surface area contributed by atoms with Crippen molar-refractivity contribution in [3.05, 3.63) is 63.4 Å². The van der Waals surface area contributed by atoms with E-state index >= 15 is 0 Å². The van der Waals surface area contributed by atoms with Crippen LogP contribution in [0.15, 0.2) is 52.7 Å². The van der Waals surface area contributed by atoms with Crippen LogP contribution in [-0.4, -0.2) is 28.4 Å². The second-order valence-corrected chi connectivity index (χ2v) is 7.90. The maximum absolute atomic E-state index is 11.9. The highest BCUT2D eigenvalue weighted by molar-refractivity contribution is 7.09. The van der Waals surface area contributed by atoms with Gasteiger partial charge in [0.2, 0.25) is 4.80 Å². The van der Waals surface area contributed by atoms with Crippen molar-refractivity contribution >= 4 is 45.3 Å². The first-order chi connectivity index (χ1) is 14.0. The third kappa shape index (κ3) is 3.27. The van der Waals surface area contributed by atoms with E-state index in [2.05, 4.69) is 58.1 Å². The van der Waals surface area contributed by atoms with Crippen LogP contribution in [0.5, 0.6) is 0 Å². The van der Waals surface area contributed by atoms with Crippen molar-refractivity contribution in [3.63, 3.8) is 0 Å². The first-order valence-electron chi connectivity index (χ1n) is 9.38. The highest BCUT2D eigenvalue weighted by Gasteiger charge is 2.16. The fourth-order valence-electron chi connectivity index (χ4n) is 3.69. The Bertz CT molecular complexity index is 1320. The van der Waals surface area contributed by atoms with Gasteiger partial charge in [0, 0.05) is 40.3 Å². The van der Waals surface area contributed by atoms with Gasteiger partial charge in [0.15, 0.2) is 0 Å². The summed E-state index contributed by atoms with van der Waals surface area (Å²) in [4.78, 5) is 13.4. The minimum atomic E-state index is -0.371. The SMILES string of the molecule is CCn1c2ccccc2c2cc(C=NN=c3sc(C)c(C(=O)OC)n3C)ccc21. The molecule has 0 bridgehead atoms. The van der Waals surface area contributed by atoms with Crippen LogP contribution in [0.4, 0.5) is 0 Å². The Morgan fingerprint density at radius 1 is 1.17 bits per heavy atom. The molecule has 7 heteroatoms. The molecular formula is C22H22N4O2S. The first-order valence-corrected chi connectivity index (χ1v) is 10.2. The van der Waals surface area contributed by atoms with Crippen LogP contribution in [0, 0.1) is 6.92 Å². The number of aromatic nitrogens is 2. The van der Waals surface area contributed by atoms with Crippen molar-refractivity contribution in [2.45, 2.75) is 20.4 Å². The van der Waals surface area contributed by atoms with Gasteiger partial charge in [-0.2, -0.15) is 5.10 Å². The Kier molecular flexibility index (Phi) is 5.07. The number of hydrogen-bond donors (Lipinski definition) is 0. The molecule has 2 aromatic carbocycles. The van der Waals surface area contributed by atoms with Crippen LogP contribution >= 0.6 is 11.3 Å². The third-order valence-electron chi connectivity index (χ3n) is 5.04. The summed E-state index contributed by atoms with van der Waals surface area (Å²) in [5, 5.41) is 11.0. The Morgan fingerprint density at radius 2 is 1.93 bits per heavy atom. The molecule has 4 rings (SSSR count).